The van der Waals surface area contributed by atoms with Crippen LogP contribution in [-0.4, -0.2) is 37.7 Å². The predicted molar refractivity (Wildman–Crippen MR) is 109 cm³/mol. The largest absolute Gasteiger partial charge is 0.513 e. The molecule has 0 spiro atoms. The molecule has 2 aromatic rings. The Morgan fingerprint density at radius 3 is 2.38 bits per heavy atom. The maximum absolute atomic E-state index is 12.1. The fourth-order valence-electron chi connectivity index (χ4n) is 2.61. The Morgan fingerprint density at radius 1 is 0.966 bits per heavy atom. The summed E-state index contributed by atoms with van der Waals surface area (Å²) >= 11 is 0. The first kappa shape index (κ1) is 21.9. The molecule has 2 amide bonds. The van der Waals surface area contributed by atoms with Crippen LogP contribution in [0.15, 0.2) is 48.5 Å². The van der Waals surface area contributed by atoms with Gasteiger partial charge in [-0.3, -0.25) is 9.59 Å². The van der Waals surface area contributed by atoms with Gasteiger partial charge in [0.15, 0.2) is 0 Å². The van der Waals surface area contributed by atoms with Crippen molar-refractivity contribution in [1.82, 2.24) is 10.6 Å². The van der Waals surface area contributed by atoms with Gasteiger partial charge in [-0.05, 0) is 50.1 Å². The number of amides is 2. The molecule has 0 saturated heterocycles. The van der Waals surface area contributed by atoms with Gasteiger partial charge >= 0.3 is 6.16 Å². The van der Waals surface area contributed by atoms with E-state index in [1.165, 1.54) is 17.7 Å². The Morgan fingerprint density at radius 2 is 1.69 bits per heavy atom. The average Bonchev–Trinajstić information content (AvgIpc) is 2.70. The second-order valence-corrected chi connectivity index (χ2v) is 6.40. The molecular weight excluding hydrogens is 372 g/mol. The smallest absolute Gasteiger partial charge is 0.434 e. The van der Waals surface area contributed by atoms with Gasteiger partial charge in [-0.2, -0.15) is 0 Å². The number of nitrogens with one attached hydrogen (secondary N) is 2. The number of hydrogen-bond donors (Lipinski definition) is 2. The molecule has 0 heterocycles. The summed E-state index contributed by atoms with van der Waals surface area (Å²) in [6, 6.07) is 14.2. The minimum atomic E-state index is -0.789. The molecule has 154 valence electrons. The Hall–Kier alpha value is -3.35. The van der Waals surface area contributed by atoms with Crippen molar-refractivity contribution in [2.45, 2.75) is 26.7 Å². The van der Waals surface area contributed by atoms with Gasteiger partial charge in [0, 0.05) is 25.1 Å². The van der Waals surface area contributed by atoms with E-state index in [-0.39, 0.29) is 18.4 Å². The van der Waals surface area contributed by atoms with Crippen LogP contribution >= 0.6 is 0 Å². The minimum Gasteiger partial charge on any atom is -0.434 e. The van der Waals surface area contributed by atoms with E-state index >= 15 is 0 Å². The van der Waals surface area contributed by atoms with E-state index in [0.717, 1.165) is 5.56 Å². The number of carbonyl (C=O) groups is 3. The summed E-state index contributed by atoms with van der Waals surface area (Å²) in [6.45, 7) is 4.59. The predicted octanol–water partition coefficient (Wildman–Crippen LogP) is 3.01. The Balaban J connectivity index is 1.66. The third-order valence-corrected chi connectivity index (χ3v) is 4.04. The molecule has 0 radical (unpaired) electrons. The van der Waals surface area contributed by atoms with Gasteiger partial charge in [0.05, 0.1) is 6.61 Å². The molecule has 0 aliphatic carbocycles. The van der Waals surface area contributed by atoms with Gasteiger partial charge in [-0.1, -0.05) is 29.8 Å². The van der Waals surface area contributed by atoms with Crippen LogP contribution in [0.5, 0.6) is 5.75 Å². The normalized spacial score (nSPS) is 10.1. The van der Waals surface area contributed by atoms with E-state index in [9.17, 15) is 14.4 Å². The van der Waals surface area contributed by atoms with E-state index in [4.69, 9.17) is 4.74 Å². The third kappa shape index (κ3) is 8.04. The second kappa shape index (κ2) is 11.5. The van der Waals surface area contributed by atoms with Crippen molar-refractivity contribution in [2.24, 2.45) is 0 Å². The van der Waals surface area contributed by atoms with Crippen LogP contribution in [0.1, 0.15) is 34.8 Å². The first-order chi connectivity index (χ1) is 14.0. The Kier molecular flexibility index (Phi) is 8.69. The molecule has 0 fully saturated rings. The summed E-state index contributed by atoms with van der Waals surface area (Å²) in [7, 11) is 0. The zero-order valence-electron chi connectivity index (χ0n) is 16.7. The highest BCUT2D eigenvalue weighted by atomic mass is 16.7. The number of benzene rings is 2. The monoisotopic (exact) mass is 398 g/mol. The molecule has 0 unspecified atom stereocenters. The number of ether oxygens (including phenoxy) is 2. The molecule has 0 aliphatic rings. The molecule has 2 aromatic carbocycles. The van der Waals surface area contributed by atoms with Crippen molar-refractivity contribution < 1.29 is 23.9 Å². The summed E-state index contributed by atoms with van der Waals surface area (Å²) in [6.07, 6.45) is 0.294. The van der Waals surface area contributed by atoms with Crippen molar-refractivity contribution in [3.63, 3.8) is 0 Å². The molecular formula is C22H26N2O5. The highest BCUT2D eigenvalue weighted by molar-refractivity contribution is 5.94. The summed E-state index contributed by atoms with van der Waals surface area (Å²) in [5.74, 6) is -0.0382. The van der Waals surface area contributed by atoms with E-state index in [1.54, 1.807) is 19.1 Å². The van der Waals surface area contributed by atoms with Gasteiger partial charge in [0.2, 0.25) is 5.91 Å². The van der Waals surface area contributed by atoms with Crippen LogP contribution in [0, 0.1) is 6.92 Å². The Labute approximate surface area is 170 Å². The van der Waals surface area contributed by atoms with Gasteiger partial charge in [0.25, 0.3) is 5.91 Å². The van der Waals surface area contributed by atoms with E-state index < -0.39 is 6.16 Å². The van der Waals surface area contributed by atoms with Gasteiger partial charge in [-0.15, -0.1) is 0 Å². The molecule has 0 saturated carbocycles. The fourth-order valence-corrected chi connectivity index (χ4v) is 2.61. The number of aryl methyl sites for hydroxylation is 2. The van der Waals surface area contributed by atoms with Crippen molar-refractivity contribution in [1.29, 1.82) is 0 Å². The van der Waals surface area contributed by atoms with Crippen LogP contribution in [0.2, 0.25) is 0 Å². The fraction of sp³-hybridized carbons (Fsp3) is 0.318. The summed E-state index contributed by atoms with van der Waals surface area (Å²) in [5.41, 5.74) is 2.72. The van der Waals surface area contributed by atoms with Crippen molar-refractivity contribution in [2.75, 3.05) is 19.7 Å². The molecule has 7 nitrogen and oxygen atoms in total. The van der Waals surface area contributed by atoms with Crippen LogP contribution in [0.4, 0.5) is 4.79 Å². The Bertz CT molecular complexity index is 833. The molecule has 0 atom stereocenters. The summed E-state index contributed by atoms with van der Waals surface area (Å²) < 4.78 is 9.62. The quantitative estimate of drug-likeness (QED) is 0.385. The van der Waals surface area contributed by atoms with Crippen LogP contribution in [0.25, 0.3) is 0 Å². The van der Waals surface area contributed by atoms with Crippen molar-refractivity contribution in [3.8, 4) is 5.75 Å². The minimum absolute atomic E-state index is 0.0544. The lowest BCUT2D eigenvalue weighted by molar-refractivity contribution is -0.121. The SMILES string of the molecule is CCOC(=O)Oc1ccc(C(=O)NCCNC(=O)CCc2cccc(C)c2)cc1. The molecule has 0 bridgehead atoms. The third-order valence-electron chi connectivity index (χ3n) is 4.04. The molecule has 29 heavy (non-hydrogen) atoms. The molecule has 0 aromatic heterocycles. The van der Waals surface area contributed by atoms with Crippen LogP contribution in [-0.2, 0) is 16.0 Å². The number of rotatable bonds is 9. The maximum Gasteiger partial charge on any atom is 0.513 e. The van der Waals surface area contributed by atoms with E-state index in [2.05, 4.69) is 21.4 Å². The van der Waals surface area contributed by atoms with Gasteiger partial charge < -0.3 is 20.1 Å². The lowest BCUT2D eigenvalue weighted by Crippen LogP contribution is -2.34. The molecule has 0 aliphatic heterocycles. The van der Waals surface area contributed by atoms with E-state index in [1.807, 2.05) is 25.1 Å². The zero-order chi connectivity index (χ0) is 21.1. The van der Waals surface area contributed by atoms with Crippen molar-refractivity contribution in [3.05, 3.63) is 65.2 Å². The number of carbonyl (C=O) groups excluding carboxylic acids is 3. The summed E-state index contributed by atoms with van der Waals surface area (Å²) in [4.78, 5) is 35.3. The first-order valence-electron chi connectivity index (χ1n) is 9.53. The van der Waals surface area contributed by atoms with Gasteiger partial charge in [-0.25, -0.2) is 4.79 Å². The molecule has 2 rings (SSSR count). The number of hydrogen-bond acceptors (Lipinski definition) is 5. The lowest BCUT2D eigenvalue weighted by atomic mass is 10.1. The van der Waals surface area contributed by atoms with Gasteiger partial charge in [0.1, 0.15) is 5.75 Å². The molecule has 2 N–H and O–H groups in total. The highest BCUT2D eigenvalue weighted by Gasteiger charge is 2.08. The van der Waals surface area contributed by atoms with Crippen LogP contribution in [0.3, 0.4) is 0 Å². The second-order valence-electron chi connectivity index (χ2n) is 6.40. The average molecular weight is 398 g/mol. The first-order valence-corrected chi connectivity index (χ1v) is 9.53. The lowest BCUT2D eigenvalue weighted by Gasteiger charge is -2.08. The topological polar surface area (TPSA) is 93.7 Å². The maximum atomic E-state index is 12.1. The van der Waals surface area contributed by atoms with E-state index in [0.29, 0.717) is 37.2 Å². The summed E-state index contributed by atoms with van der Waals surface area (Å²) in [5, 5.41) is 5.52. The zero-order valence-corrected chi connectivity index (χ0v) is 16.7. The van der Waals surface area contributed by atoms with Crippen LogP contribution < -0.4 is 15.4 Å². The molecule has 7 heteroatoms. The highest BCUT2D eigenvalue weighted by Crippen LogP contribution is 2.13. The standard InChI is InChI=1S/C22H26N2O5/c1-3-28-22(27)29-19-10-8-18(9-11-19)21(26)24-14-13-23-20(25)12-7-17-6-4-5-16(2)15-17/h4-6,8-11,15H,3,7,12-14H2,1-2H3,(H,23,25)(H,24,26). The van der Waals surface area contributed by atoms with Crippen molar-refractivity contribution >= 4 is 18.0 Å².